The highest BCUT2D eigenvalue weighted by Gasteiger charge is 2.04. The molecule has 0 unspecified atom stereocenters. The number of rotatable bonds is 5. The molecule has 0 saturated heterocycles. The number of aromatic nitrogens is 2. The number of nitrogens with one attached hydrogen (secondary N) is 1. The summed E-state index contributed by atoms with van der Waals surface area (Å²) in [7, 11) is -2.94. The fourth-order valence-corrected chi connectivity index (χ4v) is 1.76. The normalized spacial score (nSPS) is 10.8. The van der Waals surface area contributed by atoms with Gasteiger partial charge in [0.25, 0.3) is 0 Å². The Bertz CT molecular complexity index is 492. The van der Waals surface area contributed by atoms with Crippen molar-refractivity contribution in [1.29, 1.82) is 5.26 Å². The average molecular weight is 240 g/mol. The lowest BCUT2D eigenvalue weighted by Crippen LogP contribution is -2.11. The summed E-state index contributed by atoms with van der Waals surface area (Å²) in [5.41, 5.74) is 0.398. The molecule has 0 radical (unpaired) electrons. The minimum absolute atomic E-state index is 0.113. The second kappa shape index (κ2) is 5.42. The topological polar surface area (TPSA) is 95.7 Å². The maximum atomic E-state index is 10.9. The van der Waals surface area contributed by atoms with E-state index in [1.165, 1.54) is 12.5 Å². The molecule has 1 heterocycles. The molecule has 0 saturated carbocycles. The summed E-state index contributed by atoms with van der Waals surface area (Å²) in [5, 5.41) is 19.0. The lowest BCUT2D eigenvalue weighted by atomic mass is 10.3. The minimum atomic E-state index is -2.94. The summed E-state index contributed by atoms with van der Waals surface area (Å²) in [6, 6.07) is 3.52. The van der Waals surface area contributed by atoms with Crippen molar-refractivity contribution in [3.8, 4) is 6.07 Å². The zero-order valence-electron chi connectivity index (χ0n) is 8.84. The molecule has 86 valence electrons. The van der Waals surface area contributed by atoms with Gasteiger partial charge >= 0.3 is 0 Å². The summed E-state index contributed by atoms with van der Waals surface area (Å²) in [5.74, 6) is 0.501. The standard InChI is InChI=1S/C9H12N4O2S/c1-16(14,15)6-2-4-11-9-8(7-10)3-5-12-13-9/h3,5H,2,4,6H2,1H3,(H,11,13). The van der Waals surface area contributed by atoms with Crippen molar-refractivity contribution in [2.24, 2.45) is 0 Å². The molecule has 0 aromatic carbocycles. The highest BCUT2D eigenvalue weighted by molar-refractivity contribution is 7.90. The molecule has 0 bridgehead atoms. The molecule has 16 heavy (non-hydrogen) atoms. The molecule has 0 fully saturated rings. The Morgan fingerprint density at radius 2 is 2.31 bits per heavy atom. The third-order valence-corrected chi connectivity index (χ3v) is 2.86. The van der Waals surface area contributed by atoms with Gasteiger partial charge in [-0.3, -0.25) is 0 Å². The smallest absolute Gasteiger partial charge is 0.166 e. The van der Waals surface area contributed by atoms with Crippen molar-refractivity contribution in [1.82, 2.24) is 10.2 Å². The molecule has 0 aliphatic rings. The highest BCUT2D eigenvalue weighted by atomic mass is 32.2. The maximum Gasteiger partial charge on any atom is 0.166 e. The van der Waals surface area contributed by atoms with Crippen LogP contribution in [-0.4, -0.2) is 37.2 Å². The third-order valence-electron chi connectivity index (χ3n) is 1.83. The van der Waals surface area contributed by atoms with E-state index in [1.807, 2.05) is 6.07 Å². The molecule has 0 atom stereocenters. The monoisotopic (exact) mass is 240 g/mol. The van der Waals surface area contributed by atoms with Crippen LogP contribution in [0.25, 0.3) is 0 Å². The predicted octanol–water partition coefficient (Wildman–Crippen LogP) is 0.195. The Morgan fingerprint density at radius 3 is 2.94 bits per heavy atom. The van der Waals surface area contributed by atoms with E-state index in [0.29, 0.717) is 24.3 Å². The number of hydrogen-bond acceptors (Lipinski definition) is 6. The van der Waals surface area contributed by atoms with Crippen LogP contribution in [0.2, 0.25) is 0 Å². The van der Waals surface area contributed by atoms with Gasteiger partial charge in [-0.25, -0.2) is 8.42 Å². The van der Waals surface area contributed by atoms with Crippen molar-refractivity contribution in [2.75, 3.05) is 23.9 Å². The molecule has 0 aliphatic carbocycles. The zero-order chi connectivity index (χ0) is 12.0. The van der Waals surface area contributed by atoms with Gasteiger partial charge in [-0.2, -0.15) is 10.4 Å². The van der Waals surface area contributed by atoms with Crippen LogP contribution >= 0.6 is 0 Å². The quantitative estimate of drug-likeness (QED) is 0.738. The average Bonchev–Trinajstić information content (AvgIpc) is 2.23. The number of anilines is 1. The van der Waals surface area contributed by atoms with Gasteiger partial charge in [0.1, 0.15) is 15.9 Å². The van der Waals surface area contributed by atoms with Crippen molar-refractivity contribution in [3.63, 3.8) is 0 Å². The number of nitriles is 1. The summed E-state index contributed by atoms with van der Waals surface area (Å²) < 4.78 is 21.7. The van der Waals surface area contributed by atoms with Crippen LogP contribution in [0.5, 0.6) is 0 Å². The van der Waals surface area contributed by atoms with Gasteiger partial charge in [0.2, 0.25) is 0 Å². The van der Waals surface area contributed by atoms with Gasteiger partial charge in [0, 0.05) is 12.8 Å². The summed E-state index contributed by atoms with van der Waals surface area (Å²) >= 11 is 0. The molecule has 6 nitrogen and oxygen atoms in total. The van der Waals surface area contributed by atoms with Crippen LogP contribution in [0, 0.1) is 11.3 Å². The Morgan fingerprint density at radius 1 is 1.56 bits per heavy atom. The van der Waals surface area contributed by atoms with E-state index in [2.05, 4.69) is 15.5 Å². The van der Waals surface area contributed by atoms with Gasteiger partial charge in [-0.1, -0.05) is 0 Å². The summed E-state index contributed by atoms with van der Waals surface area (Å²) in [4.78, 5) is 0. The fraction of sp³-hybridized carbons (Fsp3) is 0.444. The van der Waals surface area contributed by atoms with E-state index < -0.39 is 9.84 Å². The maximum absolute atomic E-state index is 10.9. The molecule has 0 spiro atoms. The van der Waals surface area contributed by atoms with Gasteiger partial charge < -0.3 is 5.32 Å². The van der Waals surface area contributed by atoms with E-state index in [-0.39, 0.29) is 5.75 Å². The third kappa shape index (κ3) is 4.23. The first kappa shape index (κ1) is 12.4. The molecule has 0 aliphatic heterocycles. The Kier molecular flexibility index (Phi) is 4.19. The first-order valence-electron chi connectivity index (χ1n) is 4.66. The van der Waals surface area contributed by atoms with Crippen LogP contribution in [-0.2, 0) is 9.84 Å². The van der Waals surface area contributed by atoms with Crippen molar-refractivity contribution < 1.29 is 8.42 Å². The van der Waals surface area contributed by atoms with Gasteiger partial charge in [-0.15, -0.1) is 5.10 Å². The lowest BCUT2D eigenvalue weighted by molar-refractivity contribution is 0.600. The van der Waals surface area contributed by atoms with E-state index in [9.17, 15) is 8.42 Å². The molecular formula is C9H12N4O2S. The van der Waals surface area contributed by atoms with E-state index in [1.54, 1.807) is 6.07 Å². The molecule has 1 rings (SSSR count). The second-order valence-electron chi connectivity index (χ2n) is 3.32. The first-order valence-corrected chi connectivity index (χ1v) is 6.72. The molecule has 7 heteroatoms. The van der Waals surface area contributed by atoms with E-state index in [4.69, 9.17) is 5.26 Å². The van der Waals surface area contributed by atoms with E-state index >= 15 is 0 Å². The van der Waals surface area contributed by atoms with Crippen molar-refractivity contribution in [2.45, 2.75) is 6.42 Å². The van der Waals surface area contributed by atoms with Crippen LogP contribution < -0.4 is 5.32 Å². The highest BCUT2D eigenvalue weighted by Crippen LogP contribution is 2.07. The molecule has 1 N–H and O–H groups in total. The fourth-order valence-electron chi connectivity index (χ4n) is 1.09. The minimum Gasteiger partial charge on any atom is -0.367 e. The summed E-state index contributed by atoms with van der Waals surface area (Å²) in [6.07, 6.45) is 3.09. The SMILES string of the molecule is CS(=O)(=O)CCCNc1nnccc1C#N. The Balaban J connectivity index is 2.47. The number of nitrogens with zero attached hydrogens (tertiary/aromatic N) is 3. The number of sulfone groups is 1. The van der Waals surface area contributed by atoms with Crippen LogP contribution in [0.4, 0.5) is 5.82 Å². The second-order valence-corrected chi connectivity index (χ2v) is 5.58. The van der Waals surface area contributed by atoms with Crippen LogP contribution in [0.3, 0.4) is 0 Å². The summed E-state index contributed by atoms with van der Waals surface area (Å²) in [6.45, 7) is 0.445. The Labute approximate surface area is 94.2 Å². The van der Waals surface area contributed by atoms with Crippen LogP contribution in [0.15, 0.2) is 12.3 Å². The molecular weight excluding hydrogens is 228 g/mol. The lowest BCUT2D eigenvalue weighted by Gasteiger charge is -2.04. The molecule has 1 aromatic heterocycles. The zero-order valence-corrected chi connectivity index (χ0v) is 9.66. The van der Waals surface area contributed by atoms with Crippen molar-refractivity contribution in [3.05, 3.63) is 17.8 Å². The van der Waals surface area contributed by atoms with Gasteiger partial charge in [0.15, 0.2) is 5.82 Å². The van der Waals surface area contributed by atoms with Crippen molar-refractivity contribution >= 4 is 15.7 Å². The molecule has 0 amide bonds. The first-order chi connectivity index (χ1) is 7.53. The number of hydrogen-bond donors (Lipinski definition) is 1. The largest absolute Gasteiger partial charge is 0.367 e. The van der Waals surface area contributed by atoms with Gasteiger partial charge in [0.05, 0.1) is 17.5 Å². The molecule has 1 aromatic rings. The van der Waals surface area contributed by atoms with E-state index in [0.717, 1.165) is 0 Å². The predicted molar refractivity (Wildman–Crippen MR) is 59.6 cm³/mol. The van der Waals surface area contributed by atoms with Gasteiger partial charge in [-0.05, 0) is 12.5 Å². The van der Waals surface area contributed by atoms with Crippen LogP contribution in [0.1, 0.15) is 12.0 Å². The Hall–Kier alpha value is -1.68.